The number of carbonyl (C=O) groups is 1. The topological polar surface area (TPSA) is 52.2 Å². The zero-order chi connectivity index (χ0) is 19.0. The number of rotatable bonds is 4. The molecule has 1 amide bonds. The van der Waals surface area contributed by atoms with E-state index in [1.165, 1.54) is 19.4 Å². The van der Waals surface area contributed by atoms with Crippen molar-refractivity contribution in [1.82, 2.24) is 19.8 Å². The maximum atomic E-state index is 13.3. The summed E-state index contributed by atoms with van der Waals surface area (Å²) >= 11 is 0. The average Bonchev–Trinajstić information content (AvgIpc) is 3.04. The SMILES string of the molecule is Cc1nc2ccc(C(=O)N3CCC[C@@H]4CN(CCC(C)C)CC[C@H]43)cc2[nH]1. The van der Waals surface area contributed by atoms with Gasteiger partial charge in [0, 0.05) is 31.2 Å². The Hall–Kier alpha value is -1.88. The number of fused-ring (bicyclic) bond motifs is 2. The second-order valence-electron chi connectivity index (χ2n) is 8.79. The Morgan fingerprint density at radius 3 is 2.96 bits per heavy atom. The number of nitrogens with zero attached hydrogens (tertiary/aromatic N) is 3. The molecule has 1 N–H and O–H groups in total. The molecule has 5 heteroatoms. The third kappa shape index (κ3) is 3.88. The molecular weight excluding hydrogens is 336 g/mol. The summed E-state index contributed by atoms with van der Waals surface area (Å²) < 4.78 is 0. The van der Waals surface area contributed by atoms with Crippen LogP contribution in [0.25, 0.3) is 11.0 Å². The molecule has 4 rings (SSSR count). The smallest absolute Gasteiger partial charge is 0.254 e. The molecule has 0 bridgehead atoms. The summed E-state index contributed by atoms with van der Waals surface area (Å²) in [5, 5.41) is 0. The molecule has 2 aliphatic rings. The predicted molar refractivity (Wildman–Crippen MR) is 109 cm³/mol. The molecule has 0 unspecified atom stereocenters. The first-order valence-corrected chi connectivity index (χ1v) is 10.5. The normalized spacial score (nSPS) is 23.8. The molecule has 2 saturated heterocycles. The van der Waals surface area contributed by atoms with Crippen molar-refractivity contribution < 1.29 is 4.79 Å². The third-order valence-electron chi connectivity index (χ3n) is 6.28. The van der Waals surface area contributed by atoms with Gasteiger partial charge in [0.05, 0.1) is 11.0 Å². The van der Waals surface area contributed by atoms with E-state index in [4.69, 9.17) is 0 Å². The lowest BCUT2D eigenvalue weighted by Gasteiger charge is -2.47. The van der Waals surface area contributed by atoms with E-state index in [1.54, 1.807) is 0 Å². The molecule has 146 valence electrons. The molecule has 3 heterocycles. The molecule has 5 nitrogen and oxygen atoms in total. The van der Waals surface area contributed by atoms with Crippen LogP contribution in [0.1, 0.15) is 55.7 Å². The van der Waals surface area contributed by atoms with Crippen LogP contribution in [0, 0.1) is 18.8 Å². The summed E-state index contributed by atoms with van der Waals surface area (Å²) in [6.07, 6.45) is 4.76. The maximum Gasteiger partial charge on any atom is 0.254 e. The lowest BCUT2D eigenvalue weighted by atomic mass is 9.83. The van der Waals surface area contributed by atoms with Crippen LogP contribution in [0.15, 0.2) is 18.2 Å². The van der Waals surface area contributed by atoms with E-state index < -0.39 is 0 Å². The summed E-state index contributed by atoms with van der Waals surface area (Å²) in [6, 6.07) is 6.27. The highest BCUT2D eigenvalue weighted by molar-refractivity contribution is 5.97. The van der Waals surface area contributed by atoms with Crippen molar-refractivity contribution in [2.24, 2.45) is 11.8 Å². The highest BCUT2D eigenvalue weighted by Crippen LogP contribution is 2.32. The van der Waals surface area contributed by atoms with Crippen LogP contribution in [-0.2, 0) is 0 Å². The molecule has 0 aliphatic carbocycles. The van der Waals surface area contributed by atoms with E-state index in [9.17, 15) is 4.79 Å². The summed E-state index contributed by atoms with van der Waals surface area (Å²) in [5.41, 5.74) is 2.67. The van der Waals surface area contributed by atoms with Crippen molar-refractivity contribution in [3.8, 4) is 0 Å². The molecule has 0 saturated carbocycles. The van der Waals surface area contributed by atoms with Crippen LogP contribution in [0.4, 0.5) is 0 Å². The van der Waals surface area contributed by atoms with Crippen molar-refractivity contribution in [3.05, 3.63) is 29.6 Å². The third-order valence-corrected chi connectivity index (χ3v) is 6.28. The van der Waals surface area contributed by atoms with Gasteiger partial charge in [-0.25, -0.2) is 4.98 Å². The van der Waals surface area contributed by atoms with Crippen LogP contribution in [0.3, 0.4) is 0 Å². The molecule has 0 spiro atoms. The molecule has 1 aromatic carbocycles. The maximum absolute atomic E-state index is 13.3. The van der Waals surface area contributed by atoms with Crippen molar-refractivity contribution in [3.63, 3.8) is 0 Å². The number of nitrogens with one attached hydrogen (secondary N) is 1. The Morgan fingerprint density at radius 1 is 1.30 bits per heavy atom. The van der Waals surface area contributed by atoms with Gasteiger partial charge >= 0.3 is 0 Å². The zero-order valence-corrected chi connectivity index (χ0v) is 16.9. The van der Waals surface area contributed by atoms with Gasteiger partial charge in [0.1, 0.15) is 5.82 Å². The number of carbonyl (C=O) groups excluding carboxylic acids is 1. The minimum atomic E-state index is 0.189. The van der Waals surface area contributed by atoms with Crippen molar-refractivity contribution in [1.29, 1.82) is 0 Å². The van der Waals surface area contributed by atoms with Crippen LogP contribution < -0.4 is 0 Å². The molecule has 2 aliphatic heterocycles. The largest absolute Gasteiger partial charge is 0.342 e. The fraction of sp³-hybridized carbons (Fsp3) is 0.636. The van der Waals surface area contributed by atoms with Crippen LogP contribution >= 0.6 is 0 Å². The fourth-order valence-electron chi connectivity index (χ4n) is 4.81. The first-order valence-electron chi connectivity index (χ1n) is 10.5. The summed E-state index contributed by atoms with van der Waals surface area (Å²) in [6.45, 7) is 10.9. The minimum Gasteiger partial charge on any atom is -0.342 e. The average molecular weight is 369 g/mol. The van der Waals surface area contributed by atoms with Gasteiger partial charge < -0.3 is 14.8 Å². The Balaban J connectivity index is 1.47. The van der Waals surface area contributed by atoms with Crippen molar-refractivity contribution in [2.45, 2.75) is 52.5 Å². The molecule has 2 atom stereocenters. The Bertz CT molecular complexity index is 812. The number of likely N-dealkylation sites (tertiary alicyclic amines) is 2. The standard InChI is InChI=1S/C22H32N4O/c1-15(2)8-11-25-12-9-21-18(14-25)5-4-10-26(21)22(27)17-6-7-19-20(13-17)24-16(3)23-19/h6-7,13,15,18,21H,4-5,8-12,14H2,1-3H3,(H,23,24)/t18-,21-/m1/s1. The molecule has 0 radical (unpaired) electrons. The number of hydrogen-bond acceptors (Lipinski definition) is 3. The summed E-state index contributed by atoms with van der Waals surface area (Å²) in [4.78, 5) is 25.8. The number of H-pyrrole nitrogens is 1. The van der Waals surface area contributed by atoms with Crippen LogP contribution in [0.2, 0.25) is 0 Å². The summed E-state index contributed by atoms with van der Waals surface area (Å²) in [7, 11) is 0. The van der Waals surface area contributed by atoms with E-state index in [1.807, 2.05) is 25.1 Å². The Labute approximate surface area is 162 Å². The van der Waals surface area contributed by atoms with Gasteiger partial charge in [-0.15, -0.1) is 0 Å². The number of hydrogen-bond donors (Lipinski definition) is 1. The highest BCUT2D eigenvalue weighted by atomic mass is 16.2. The number of aromatic nitrogens is 2. The number of aromatic amines is 1. The van der Waals surface area contributed by atoms with Gasteiger partial charge in [0.25, 0.3) is 5.91 Å². The number of aryl methyl sites for hydroxylation is 1. The van der Waals surface area contributed by atoms with E-state index in [2.05, 4.69) is 33.6 Å². The van der Waals surface area contributed by atoms with Gasteiger partial charge in [0.15, 0.2) is 0 Å². The Morgan fingerprint density at radius 2 is 2.15 bits per heavy atom. The number of amides is 1. The van der Waals surface area contributed by atoms with Crippen LogP contribution in [0.5, 0.6) is 0 Å². The summed E-state index contributed by atoms with van der Waals surface area (Å²) in [5.74, 6) is 2.46. The first-order chi connectivity index (χ1) is 13.0. The van der Waals surface area contributed by atoms with Crippen molar-refractivity contribution in [2.75, 3.05) is 26.2 Å². The molecule has 27 heavy (non-hydrogen) atoms. The number of piperidine rings is 2. The molecule has 2 aromatic rings. The lowest BCUT2D eigenvalue weighted by molar-refractivity contribution is 0.0194. The van der Waals surface area contributed by atoms with Gasteiger partial charge in [-0.3, -0.25) is 4.79 Å². The number of benzene rings is 1. The second kappa shape index (κ2) is 7.63. The highest BCUT2D eigenvalue weighted by Gasteiger charge is 2.38. The van der Waals surface area contributed by atoms with Gasteiger partial charge in [-0.05, 0) is 69.2 Å². The monoisotopic (exact) mass is 368 g/mol. The van der Waals surface area contributed by atoms with Crippen LogP contribution in [-0.4, -0.2) is 57.9 Å². The van der Waals surface area contributed by atoms with E-state index in [0.29, 0.717) is 12.0 Å². The zero-order valence-electron chi connectivity index (χ0n) is 16.9. The first kappa shape index (κ1) is 18.5. The quantitative estimate of drug-likeness (QED) is 0.892. The second-order valence-corrected chi connectivity index (χ2v) is 8.79. The van der Waals surface area contributed by atoms with E-state index in [-0.39, 0.29) is 5.91 Å². The molecule has 2 fully saturated rings. The van der Waals surface area contributed by atoms with Gasteiger partial charge in [-0.1, -0.05) is 13.8 Å². The van der Waals surface area contributed by atoms with Gasteiger partial charge in [0.2, 0.25) is 0 Å². The lowest BCUT2D eigenvalue weighted by Crippen LogP contribution is -2.55. The predicted octanol–water partition coefficient (Wildman–Crippen LogP) is 3.84. The fourth-order valence-corrected chi connectivity index (χ4v) is 4.81. The van der Waals surface area contributed by atoms with E-state index >= 15 is 0 Å². The molecular formula is C22H32N4O. The van der Waals surface area contributed by atoms with E-state index in [0.717, 1.165) is 60.8 Å². The Kier molecular flexibility index (Phi) is 5.22. The van der Waals surface area contributed by atoms with Gasteiger partial charge in [-0.2, -0.15) is 0 Å². The minimum absolute atomic E-state index is 0.189. The molecule has 1 aromatic heterocycles. The number of imidazole rings is 1. The van der Waals surface area contributed by atoms with Crippen molar-refractivity contribution >= 4 is 16.9 Å².